The summed E-state index contributed by atoms with van der Waals surface area (Å²) in [5.41, 5.74) is 6.86. The molecule has 0 unspecified atom stereocenters. The summed E-state index contributed by atoms with van der Waals surface area (Å²) >= 11 is 0. The first-order valence-electron chi connectivity index (χ1n) is 7.74. The Labute approximate surface area is 130 Å². The molecule has 22 heavy (non-hydrogen) atoms. The molecule has 1 fully saturated rings. The Bertz CT molecular complexity index is 575. The van der Waals surface area contributed by atoms with Crippen molar-refractivity contribution >= 4 is 11.9 Å². The number of hydrogen-bond acceptors (Lipinski definition) is 6. The van der Waals surface area contributed by atoms with Crippen molar-refractivity contribution in [2.24, 2.45) is 0 Å². The summed E-state index contributed by atoms with van der Waals surface area (Å²) in [6.07, 6.45) is 7.07. The van der Waals surface area contributed by atoms with Gasteiger partial charge in [-0.1, -0.05) is 6.07 Å². The molecule has 7 heteroatoms. The monoisotopic (exact) mass is 301 g/mol. The van der Waals surface area contributed by atoms with Gasteiger partial charge in [-0.15, -0.1) is 5.10 Å². The third kappa shape index (κ3) is 3.54. The Morgan fingerprint density at radius 1 is 1.41 bits per heavy atom. The summed E-state index contributed by atoms with van der Waals surface area (Å²) in [6.45, 7) is 3.03. The van der Waals surface area contributed by atoms with Gasteiger partial charge < -0.3 is 15.5 Å². The lowest BCUT2D eigenvalue weighted by Crippen LogP contribution is -2.44. The second-order valence-corrected chi connectivity index (χ2v) is 5.83. The molecule has 0 amide bonds. The number of hydrogen-bond donors (Lipinski definition) is 2. The summed E-state index contributed by atoms with van der Waals surface area (Å²) < 4.78 is 0. The van der Waals surface area contributed by atoms with Crippen LogP contribution in [0.5, 0.6) is 0 Å². The number of anilines is 2. The van der Waals surface area contributed by atoms with E-state index < -0.39 is 0 Å². The van der Waals surface area contributed by atoms with Crippen LogP contribution in [0.25, 0.3) is 0 Å². The summed E-state index contributed by atoms with van der Waals surface area (Å²) in [4.78, 5) is 13.0. The second-order valence-electron chi connectivity index (χ2n) is 5.83. The molecular weight excluding hydrogens is 278 g/mol. The average Bonchev–Trinajstić information content (AvgIpc) is 3.00. The summed E-state index contributed by atoms with van der Waals surface area (Å²) in [5.74, 6) is 1.10. The van der Waals surface area contributed by atoms with Crippen LogP contribution >= 0.6 is 0 Å². The summed E-state index contributed by atoms with van der Waals surface area (Å²) in [6, 6.07) is 4.75. The summed E-state index contributed by atoms with van der Waals surface area (Å²) in [7, 11) is 2.21. The van der Waals surface area contributed by atoms with E-state index in [9.17, 15) is 0 Å². The van der Waals surface area contributed by atoms with E-state index in [0.29, 0.717) is 12.0 Å². The van der Waals surface area contributed by atoms with Crippen LogP contribution in [0.4, 0.5) is 11.9 Å². The number of nitrogens with zero attached hydrogens (tertiary/aromatic N) is 5. The molecule has 0 aliphatic carbocycles. The summed E-state index contributed by atoms with van der Waals surface area (Å²) in [5, 5.41) is 6.78. The van der Waals surface area contributed by atoms with E-state index in [0.717, 1.165) is 44.8 Å². The van der Waals surface area contributed by atoms with Crippen LogP contribution in [-0.4, -0.2) is 57.8 Å². The number of nitrogens with two attached hydrogens (primary N) is 1. The van der Waals surface area contributed by atoms with Crippen molar-refractivity contribution < 1.29 is 0 Å². The number of nitrogens with one attached hydrogen (secondary N) is 1. The Morgan fingerprint density at radius 3 is 2.86 bits per heavy atom. The van der Waals surface area contributed by atoms with Crippen LogP contribution in [0.15, 0.2) is 24.5 Å². The van der Waals surface area contributed by atoms with Crippen molar-refractivity contribution in [2.45, 2.75) is 25.3 Å². The van der Waals surface area contributed by atoms with Gasteiger partial charge in [0, 0.05) is 38.1 Å². The van der Waals surface area contributed by atoms with Crippen LogP contribution < -0.4 is 10.6 Å². The first-order chi connectivity index (χ1) is 10.7. The van der Waals surface area contributed by atoms with Crippen molar-refractivity contribution in [3.8, 4) is 0 Å². The van der Waals surface area contributed by atoms with Crippen molar-refractivity contribution in [2.75, 3.05) is 37.3 Å². The smallest absolute Gasteiger partial charge is 0.241 e. The molecular formula is C15H23N7. The molecule has 0 aromatic carbocycles. The molecule has 1 aliphatic heterocycles. The van der Waals surface area contributed by atoms with Crippen molar-refractivity contribution in [3.63, 3.8) is 0 Å². The lowest BCUT2D eigenvalue weighted by molar-refractivity contribution is 0.209. The molecule has 1 aliphatic rings. The van der Waals surface area contributed by atoms with E-state index in [2.05, 4.69) is 43.1 Å². The highest BCUT2D eigenvalue weighted by molar-refractivity contribution is 5.34. The SMILES string of the molecule is CN(CCc1cccnc1)C1CCN(c2nc(N)n[nH]2)CC1. The number of likely N-dealkylation sites (N-methyl/N-ethyl adjacent to an activating group) is 1. The lowest BCUT2D eigenvalue weighted by Gasteiger charge is -2.36. The maximum atomic E-state index is 5.56. The van der Waals surface area contributed by atoms with Gasteiger partial charge in [0.25, 0.3) is 0 Å². The van der Waals surface area contributed by atoms with E-state index in [4.69, 9.17) is 5.73 Å². The third-order valence-corrected chi connectivity index (χ3v) is 4.35. The van der Waals surface area contributed by atoms with Gasteiger partial charge in [0.15, 0.2) is 0 Å². The van der Waals surface area contributed by atoms with E-state index in [1.54, 1.807) is 0 Å². The maximum Gasteiger partial charge on any atom is 0.241 e. The average molecular weight is 301 g/mol. The minimum absolute atomic E-state index is 0.311. The van der Waals surface area contributed by atoms with Gasteiger partial charge in [0.2, 0.25) is 11.9 Å². The fourth-order valence-corrected chi connectivity index (χ4v) is 2.96. The van der Waals surface area contributed by atoms with Gasteiger partial charge in [-0.3, -0.25) is 4.98 Å². The molecule has 0 bridgehead atoms. The van der Waals surface area contributed by atoms with E-state index in [-0.39, 0.29) is 0 Å². The molecule has 0 spiro atoms. The fraction of sp³-hybridized carbons (Fsp3) is 0.533. The molecule has 3 N–H and O–H groups in total. The van der Waals surface area contributed by atoms with Crippen molar-refractivity contribution in [1.29, 1.82) is 0 Å². The first-order valence-corrected chi connectivity index (χ1v) is 7.74. The molecule has 0 saturated carbocycles. The molecule has 0 radical (unpaired) electrons. The minimum Gasteiger partial charge on any atom is -0.366 e. The van der Waals surface area contributed by atoms with Gasteiger partial charge in [-0.05, 0) is 37.9 Å². The molecule has 2 aromatic rings. The maximum absolute atomic E-state index is 5.56. The quantitative estimate of drug-likeness (QED) is 0.854. The number of nitrogen functional groups attached to an aromatic ring is 1. The van der Waals surface area contributed by atoms with Crippen LogP contribution in [0, 0.1) is 0 Å². The number of H-pyrrole nitrogens is 1. The second kappa shape index (κ2) is 6.74. The standard InChI is InChI=1S/C15H23N7/c1-21(8-4-12-3-2-7-17-11-12)13-5-9-22(10-6-13)15-18-14(16)19-20-15/h2-3,7,11,13H,4-6,8-10H2,1H3,(H3,16,18,19,20). The molecule has 118 valence electrons. The number of aromatic amines is 1. The Morgan fingerprint density at radius 2 is 2.23 bits per heavy atom. The molecule has 1 saturated heterocycles. The Kier molecular flexibility index (Phi) is 4.53. The normalized spacial score (nSPS) is 16.4. The van der Waals surface area contributed by atoms with Crippen molar-refractivity contribution in [1.82, 2.24) is 25.1 Å². The van der Waals surface area contributed by atoms with Crippen LogP contribution in [0.2, 0.25) is 0 Å². The van der Waals surface area contributed by atoms with E-state index in [1.807, 2.05) is 18.5 Å². The molecule has 3 rings (SSSR count). The zero-order valence-corrected chi connectivity index (χ0v) is 12.9. The number of piperidine rings is 1. The lowest BCUT2D eigenvalue weighted by atomic mass is 10.0. The number of rotatable bonds is 5. The molecule has 2 aromatic heterocycles. The number of pyridine rings is 1. The van der Waals surface area contributed by atoms with E-state index >= 15 is 0 Å². The Balaban J connectivity index is 1.46. The van der Waals surface area contributed by atoms with Gasteiger partial charge in [-0.25, -0.2) is 5.10 Å². The Hall–Kier alpha value is -2.15. The minimum atomic E-state index is 0.311. The topological polar surface area (TPSA) is 87.0 Å². The van der Waals surface area contributed by atoms with Crippen LogP contribution in [0.1, 0.15) is 18.4 Å². The highest BCUT2D eigenvalue weighted by Gasteiger charge is 2.23. The highest BCUT2D eigenvalue weighted by atomic mass is 15.4. The largest absolute Gasteiger partial charge is 0.366 e. The van der Waals surface area contributed by atoms with Crippen molar-refractivity contribution in [3.05, 3.63) is 30.1 Å². The molecule has 3 heterocycles. The van der Waals surface area contributed by atoms with E-state index in [1.165, 1.54) is 5.56 Å². The third-order valence-electron chi connectivity index (χ3n) is 4.35. The zero-order valence-electron chi connectivity index (χ0n) is 12.9. The predicted octanol–water partition coefficient (Wildman–Crippen LogP) is 0.925. The fourth-order valence-electron chi connectivity index (χ4n) is 2.96. The zero-order chi connectivity index (χ0) is 15.4. The number of aromatic nitrogens is 4. The highest BCUT2D eigenvalue weighted by Crippen LogP contribution is 2.19. The van der Waals surface area contributed by atoms with Gasteiger partial charge in [0.05, 0.1) is 0 Å². The molecule has 7 nitrogen and oxygen atoms in total. The van der Waals surface area contributed by atoms with Crippen LogP contribution in [-0.2, 0) is 6.42 Å². The van der Waals surface area contributed by atoms with Crippen LogP contribution in [0.3, 0.4) is 0 Å². The van der Waals surface area contributed by atoms with Gasteiger partial charge in [-0.2, -0.15) is 4.98 Å². The van der Waals surface area contributed by atoms with Gasteiger partial charge in [0.1, 0.15) is 0 Å². The molecule has 0 atom stereocenters. The van der Waals surface area contributed by atoms with Gasteiger partial charge >= 0.3 is 0 Å². The first kappa shape index (κ1) is 14.8. The predicted molar refractivity (Wildman–Crippen MR) is 86.6 cm³/mol.